The van der Waals surface area contributed by atoms with E-state index < -0.39 is 0 Å². The van der Waals surface area contributed by atoms with Gasteiger partial charge in [-0.1, -0.05) is 117 Å². The molecule has 1 aromatic carbocycles. The number of rotatable bonds is 11. The molecule has 232 valence electrons. The molecule has 0 atom stereocenters. The van der Waals surface area contributed by atoms with Gasteiger partial charge in [0.25, 0.3) is 0 Å². The van der Waals surface area contributed by atoms with E-state index in [0.29, 0.717) is 11.8 Å². The third-order valence-electron chi connectivity index (χ3n) is 8.47. The second kappa shape index (κ2) is 17.7. The average molecular weight is 713 g/mol. The zero-order valence-corrected chi connectivity index (χ0v) is 30.1. The van der Waals surface area contributed by atoms with Gasteiger partial charge in [0.15, 0.2) is 6.29 Å². The Hall–Kier alpha value is 1.86. The predicted molar refractivity (Wildman–Crippen MR) is 192 cm³/mol. The normalized spacial score (nSPS) is 25.1. The van der Waals surface area contributed by atoms with Gasteiger partial charge in [-0.05, 0) is 49.4 Å². The minimum absolute atomic E-state index is 0.140. The van der Waals surface area contributed by atoms with Gasteiger partial charge < -0.3 is 19.7 Å². The number of ether oxygens (including phenoxy) is 2. The Morgan fingerprint density at radius 2 is 1.00 bits per heavy atom. The molecule has 5 fully saturated rings. The summed E-state index contributed by atoms with van der Waals surface area (Å²) in [7, 11) is 15.9. The van der Waals surface area contributed by atoms with Crippen LogP contribution in [0.1, 0.15) is 37.5 Å². The molecule has 5 aliphatic rings. The fourth-order valence-corrected chi connectivity index (χ4v) is 18.1. The summed E-state index contributed by atoms with van der Waals surface area (Å²) in [4.78, 5) is 0. The van der Waals surface area contributed by atoms with Crippen LogP contribution in [0.2, 0.25) is 0 Å². The summed E-state index contributed by atoms with van der Waals surface area (Å²) in [6.45, 7) is 1.98. The van der Waals surface area contributed by atoms with Crippen molar-refractivity contribution in [3.05, 3.63) is 35.9 Å². The number of hydrogen-bond donors (Lipinski definition) is 2. The highest BCUT2D eigenvalue weighted by molar-refractivity contribution is 8.78. The lowest BCUT2D eigenvalue weighted by atomic mass is 9.74. The van der Waals surface area contributed by atoms with Crippen molar-refractivity contribution < 1.29 is 19.7 Å². The summed E-state index contributed by atoms with van der Waals surface area (Å²) in [5, 5.41) is 19.4. The van der Waals surface area contributed by atoms with Crippen molar-refractivity contribution in [1.29, 1.82) is 0 Å². The standard InChI is InChI=1S/C18H24O2S4.C11H20O2S4/c1-2-4-16(5-3-1)17-19-12-18(13-20-17,6-14-8-21-22-9-14)7-15-10-23-24-11-15;12-7-11(8-13,1-9-3-14-15-4-9)2-10-5-16-17-6-10/h1-5,14-15,17H,6-13H2;9-10,12-13H,1-8H2. The number of hydrogen-bond acceptors (Lipinski definition) is 12. The molecule has 5 heterocycles. The van der Waals surface area contributed by atoms with Crippen LogP contribution >= 0.6 is 86.4 Å². The Kier molecular flexibility index (Phi) is 14.8. The van der Waals surface area contributed by atoms with E-state index in [1.54, 1.807) is 0 Å². The summed E-state index contributed by atoms with van der Waals surface area (Å²) in [6.07, 6.45) is 4.33. The van der Waals surface area contributed by atoms with Crippen LogP contribution in [0.25, 0.3) is 0 Å². The summed E-state index contributed by atoms with van der Waals surface area (Å²) in [6, 6.07) is 10.4. The lowest BCUT2D eigenvalue weighted by Crippen LogP contribution is -2.42. The monoisotopic (exact) mass is 712 g/mol. The first-order chi connectivity index (χ1) is 20.1. The van der Waals surface area contributed by atoms with E-state index in [1.807, 2.05) is 92.4 Å². The molecule has 0 saturated carbocycles. The molecule has 12 heteroatoms. The summed E-state index contributed by atoms with van der Waals surface area (Å²) >= 11 is 0. The quantitative estimate of drug-likeness (QED) is 0.217. The highest BCUT2D eigenvalue weighted by Crippen LogP contribution is 2.49. The van der Waals surface area contributed by atoms with Crippen molar-refractivity contribution in [3.8, 4) is 0 Å². The van der Waals surface area contributed by atoms with Crippen molar-refractivity contribution in [1.82, 2.24) is 0 Å². The van der Waals surface area contributed by atoms with E-state index >= 15 is 0 Å². The average Bonchev–Trinajstić information content (AvgIpc) is 3.84. The number of aliphatic hydroxyl groups is 2. The van der Waals surface area contributed by atoms with Gasteiger partial charge >= 0.3 is 0 Å². The van der Waals surface area contributed by atoms with Gasteiger partial charge in [-0.25, -0.2) is 0 Å². The van der Waals surface area contributed by atoms with Crippen molar-refractivity contribution in [2.75, 3.05) is 72.5 Å². The zero-order valence-electron chi connectivity index (χ0n) is 23.6. The van der Waals surface area contributed by atoms with Crippen molar-refractivity contribution >= 4 is 86.4 Å². The minimum Gasteiger partial charge on any atom is -0.396 e. The highest BCUT2D eigenvalue weighted by atomic mass is 33.1. The maximum Gasteiger partial charge on any atom is 0.183 e. The highest BCUT2D eigenvalue weighted by Gasteiger charge is 2.42. The molecule has 5 saturated heterocycles. The topological polar surface area (TPSA) is 58.9 Å². The predicted octanol–water partition coefficient (Wildman–Crippen LogP) is 8.28. The minimum atomic E-state index is -0.230. The Bertz CT molecular complexity index is 823. The van der Waals surface area contributed by atoms with Crippen LogP contribution in [-0.2, 0) is 9.47 Å². The first kappa shape index (κ1) is 34.2. The molecule has 2 N–H and O–H groups in total. The molecule has 0 aromatic heterocycles. The van der Waals surface area contributed by atoms with Crippen molar-refractivity contribution in [2.24, 2.45) is 34.5 Å². The summed E-state index contributed by atoms with van der Waals surface area (Å²) in [5.41, 5.74) is 1.13. The van der Waals surface area contributed by atoms with Crippen LogP contribution in [0.4, 0.5) is 0 Å². The molecular weight excluding hydrogens is 669 g/mol. The largest absolute Gasteiger partial charge is 0.396 e. The molecule has 6 rings (SSSR count). The van der Waals surface area contributed by atoms with Crippen LogP contribution < -0.4 is 0 Å². The van der Waals surface area contributed by atoms with Gasteiger partial charge in [-0.15, -0.1) is 0 Å². The Morgan fingerprint density at radius 1 is 0.610 bits per heavy atom. The van der Waals surface area contributed by atoms with Gasteiger partial charge in [0.2, 0.25) is 0 Å². The molecule has 0 aliphatic carbocycles. The van der Waals surface area contributed by atoms with E-state index in [0.717, 1.165) is 43.5 Å². The first-order valence-electron chi connectivity index (χ1n) is 14.6. The van der Waals surface area contributed by atoms with Crippen LogP contribution in [-0.4, -0.2) is 82.7 Å². The fraction of sp³-hybridized carbons (Fsp3) is 0.793. The molecule has 4 nitrogen and oxygen atoms in total. The van der Waals surface area contributed by atoms with Gasteiger partial charge in [0.1, 0.15) is 0 Å². The van der Waals surface area contributed by atoms with Gasteiger partial charge in [-0.3, -0.25) is 0 Å². The number of benzene rings is 1. The molecule has 0 radical (unpaired) electrons. The molecule has 1 aromatic rings. The van der Waals surface area contributed by atoms with Gasteiger partial charge in [0, 0.05) is 62.4 Å². The second-order valence-electron chi connectivity index (χ2n) is 12.2. The second-order valence-corrected chi connectivity index (χ2v) is 22.4. The molecule has 5 aliphatic heterocycles. The molecular formula is C29H44O4S8. The van der Waals surface area contributed by atoms with E-state index in [-0.39, 0.29) is 30.3 Å². The van der Waals surface area contributed by atoms with Crippen LogP contribution in [0.15, 0.2) is 30.3 Å². The lowest BCUT2D eigenvalue weighted by Gasteiger charge is -2.42. The SMILES string of the molecule is OCC(CO)(CC1CSSC1)CC1CSSC1.c1ccc(C2OCC(CC3CSSC3)(CC3CSSC3)CO2)cc1. The van der Waals surface area contributed by atoms with E-state index in [9.17, 15) is 10.2 Å². The maximum atomic E-state index is 9.71. The first-order valence-corrected chi connectivity index (χ1v) is 24.5. The van der Waals surface area contributed by atoms with Gasteiger partial charge in [0.05, 0.1) is 26.4 Å². The van der Waals surface area contributed by atoms with E-state index in [1.165, 1.54) is 58.9 Å². The van der Waals surface area contributed by atoms with Gasteiger partial charge in [-0.2, -0.15) is 0 Å². The molecule has 0 bridgehead atoms. The van der Waals surface area contributed by atoms with Crippen LogP contribution in [0.5, 0.6) is 0 Å². The molecule has 0 amide bonds. The smallest absolute Gasteiger partial charge is 0.183 e. The molecule has 0 unspecified atom stereocenters. The van der Waals surface area contributed by atoms with Crippen LogP contribution in [0, 0.1) is 34.5 Å². The third-order valence-corrected chi connectivity index (χ3v) is 19.3. The molecule has 41 heavy (non-hydrogen) atoms. The Balaban J connectivity index is 0.000000175. The van der Waals surface area contributed by atoms with E-state index in [4.69, 9.17) is 9.47 Å². The van der Waals surface area contributed by atoms with Crippen molar-refractivity contribution in [2.45, 2.75) is 32.0 Å². The molecule has 0 spiro atoms. The zero-order chi connectivity index (χ0) is 28.4. The van der Waals surface area contributed by atoms with E-state index in [2.05, 4.69) is 24.3 Å². The summed E-state index contributed by atoms with van der Waals surface area (Å²) < 4.78 is 12.5. The Morgan fingerprint density at radius 3 is 1.39 bits per heavy atom. The van der Waals surface area contributed by atoms with Crippen molar-refractivity contribution in [3.63, 3.8) is 0 Å². The fourth-order valence-electron chi connectivity index (χ4n) is 6.38. The van der Waals surface area contributed by atoms with Crippen LogP contribution in [0.3, 0.4) is 0 Å². The third kappa shape index (κ3) is 10.4. The number of aliphatic hydroxyl groups excluding tert-OH is 2. The lowest BCUT2D eigenvalue weighted by molar-refractivity contribution is -0.240. The summed E-state index contributed by atoms with van der Waals surface area (Å²) in [5.74, 6) is 12.9. The Labute approximate surface area is 278 Å². The maximum absolute atomic E-state index is 9.71.